The van der Waals surface area contributed by atoms with Crippen LogP contribution in [0.3, 0.4) is 0 Å². The topological polar surface area (TPSA) is 42.8 Å². The molecule has 3 aromatic heterocycles. The number of benzene rings is 1. The summed E-state index contributed by atoms with van der Waals surface area (Å²) < 4.78 is 7.45. The van der Waals surface area contributed by atoms with Crippen molar-refractivity contribution in [2.24, 2.45) is 4.99 Å². The van der Waals surface area contributed by atoms with Crippen LogP contribution in [0.25, 0.3) is 17.1 Å². The molecular weight excluding hydrogens is 274 g/mol. The van der Waals surface area contributed by atoms with Gasteiger partial charge < -0.3 is 4.42 Å². The number of pyridine rings is 1. The van der Waals surface area contributed by atoms with Crippen molar-refractivity contribution in [3.63, 3.8) is 0 Å². The van der Waals surface area contributed by atoms with Gasteiger partial charge >= 0.3 is 0 Å². The maximum absolute atomic E-state index is 5.49. The second-order valence-electron chi connectivity index (χ2n) is 4.86. The number of rotatable bonds is 3. The third-order valence-corrected chi connectivity index (χ3v) is 3.39. The minimum Gasteiger partial charge on any atom is -0.463 e. The summed E-state index contributed by atoms with van der Waals surface area (Å²) in [4.78, 5) is 9.26. The molecule has 4 nitrogen and oxygen atoms in total. The van der Waals surface area contributed by atoms with Crippen LogP contribution >= 0.6 is 0 Å². The molecular formula is C18H13N3O. The SMILES string of the molecule is C(=N\c1c(-c2ccco2)nc2ccccn12)/c1ccccc1. The Morgan fingerprint density at radius 1 is 0.955 bits per heavy atom. The van der Waals surface area contributed by atoms with E-state index in [-0.39, 0.29) is 0 Å². The van der Waals surface area contributed by atoms with Gasteiger partial charge in [0.15, 0.2) is 17.3 Å². The van der Waals surface area contributed by atoms with Crippen LogP contribution in [0, 0.1) is 0 Å². The van der Waals surface area contributed by atoms with Crippen LogP contribution in [-0.4, -0.2) is 15.6 Å². The van der Waals surface area contributed by atoms with Gasteiger partial charge in [0.1, 0.15) is 5.65 Å². The van der Waals surface area contributed by atoms with Gasteiger partial charge in [-0.1, -0.05) is 36.4 Å². The number of hydrogen-bond donors (Lipinski definition) is 0. The van der Waals surface area contributed by atoms with E-state index in [0.717, 1.165) is 22.7 Å². The molecule has 106 valence electrons. The van der Waals surface area contributed by atoms with E-state index < -0.39 is 0 Å². The lowest BCUT2D eigenvalue weighted by Crippen LogP contribution is -1.84. The fraction of sp³-hybridized carbons (Fsp3) is 0. The van der Waals surface area contributed by atoms with E-state index in [0.29, 0.717) is 5.76 Å². The molecule has 0 spiro atoms. The van der Waals surface area contributed by atoms with Gasteiger partial charge in [-0.25, -0.2) is 9.98 Å². The summed E-state index contributed by atoms with van der Waals surface area (Å²) in [5, 5.41) is 0. The summed E-state index contributed by atoms with van der Waals surface area (Å²) in [6.07, 6.45) is 5.43. The van der Waals surface area contributed by atoms with Gasteiger partial charge in [-0.3, -0.25) is 4.40 Å². The van der Waals surface area contributed by atoms with Crippen molar-refractivity contribution in [3.05, 3.63) is 78.7 Å². The van der Waals surface area contributed by atoms with Gasteiger partial charge in [-0.15, -0.1) is 0 Å². The monoisotopic (exact) mass is 287 g/mol. The first-order valence-corrected chi connectivity index (χ1v) is 7.02. The third-order valence-electron chi connectivity index (χ3n) is 3.39. The van der Waals surface area contributed by atoms with E-state index in [9.17, 15) is 0 Å². The predicted octanol–water partition coefficient (Wildman–Crippen LogP) is 4.34. The lowest BCUT2D eigenvalue weighted by atomic mass is 10.2. The van der Waals surface area contributed by atoms with Crippen LogP contribution in [0.5, 0.6) is 0 Å². The Bertz CT molecular complexity index is 922. The van der Waals surface area contributed by atoms with Gasteiger partial charge in [0.2, 0.25) is 0 Å². The van der Waals surface area contributed by atoms with E-state index >= 15 is 0 Å². The zero-order chi connectivity index (χ0) is 14.8. The van der Waals surface area contributed by atoms with Gasteiger partial charge in [0.05, 0.1) is 6.26 Å². The summed E-state index contributed by atoms with van der Waals surface area (Å²) in [5.41, 5.74) is 2.62. The first kappa shape index (κ1) is 12.6. The summed E-state index contributed by atoms with van der Waals surface area (Å²) >= 11 is 0. The lowest BCUT2D eigenvalue weighted by Gasteiger charge is -1.97. The maximum Gasteiger partial charge on any atom is 0.168 e. The van der Waals surface area contributed by atoms with Gasteiger partial charge in [-0.2, -0.15) is 0 Å². The number of aliphatic imine (C=N–C) groups is 1. The van der Waals surface area contributed by atoms with E-state index in [1.807, 2.05) is 77.5 Å². The Hall–Kier alpha value is -3.14. The van der Waals surface area contributed by atoms with Crippen LogP contribution in [-0.2, 0) is 0 Å². The number of nitrogens with zero attached hydrogens (tertiary/aromatic N) is 3. The standard InChI is InChI=1S/C18H13N3O/c1-2-7-14(8-3-1)13-19-18-17(15-9-6-12-22-15)20-16-10-4-5-11-21(16)18/h1-13H/b19-13+. The van der Waals surface area contributed by atoms with Crippen molar-refractivity contribution < 1.29 is 4.42 Å². The third kappa shape index (κ3) is 2.20. The van der Waals surface area contributed by atoms with E-state index in [1.165, 1.54) is 0 Å². The molecule has 0 atom stereocenters. The van der Waals surface area contributed by atoms with E-state index in [1.54, 1.807) is 6.26 Å². The molecule has 4 heteroatoms. The predicted molar refractivity (Wildman–Crippen MR) is 86.6 cm³/mol. The van der Waals surface area contributed by atoms with Crippen molar-refractivity contribution >= 4 is 17.7 Å². The van der Waals surface area contributed by atoms with Gasteiger partial charge in [0, 0.05) is 12.4 Å². The summed E-state index contributed by atoms with van der Waals surface area (Å²) in [6, 6.07) is 19.6. The molecule has 0 aliphatic carbocycles. The van der Waals surface area contributed by atoms with Crippen molar-refractivity contribution in [2.45, 2.75) is 0 Å². The average molecular weight is 287 g/mol. The van der Waals surface area contributed by atoms with Crippen molar-refractivity contribution in [2.75, 3.05) is 0 Å². The number of hydrogen-bond acceptors (Lipinski definition) is 3. The molecule has 0 saturated heterocycles. The van der Waals surface area contributed by atoms with Crippen LogP contribution in [0.2, 0.25) is 0 Å². The molecule has 0 N–H and O–H groups in total. The normalized spacial score (nSPS) is 11.5. The van der Waals surface area contributed by atoms with E-state index in [4.69, 9.17) is 4.42 Å². The zero-order valence-corrected chi connectivity index (χ0v) is 11.8. The highest BCUT2D eigenvalue weighted by atomic mass is 16.3. The largest absolute Gasteiger partial charge is 0.463 e. The fourth-order valence-electron chi connectivity index (χ4n) is 2.36. The first-order chi connectivity index (χ1) is 10.9. The molecule has 0 aliphatic heterocycles. The summed E-state index contributed by atoms with van der Waals surface area (Å²) in [6.45, 7) is 0. The number of imidazole rings is 1. The number of fused-ring (bicyclic) bond motifs is 1. The Morgan fingerprint density at radius 2 is 1.82 bits per heavy atom. The van der Waals surface area contributed by atoms with Crippen molar-refractivity contribution in [1.82, 2.24) is 9.38 Å². The highest BCUT2D eigenvalue weighted by Gasteiger charge is 2.14. The second kappa shape index (κ2) is 5.33. The molecule has 22 heavy (non-hydrogen) atoms. The fourth-order valence-corrected chi connectivity index (χ4v) is 2.36. The lowest BCUT2D eigenvalue weighted by molar-refractivity contribution is 0.580. The molecule has 0 amide bonds. The molecule has 0 bridgehead atoms. The Balaban J connectivity index is 1.88. The summed E-state index contributed by atoms with van der Waals surface area (Å²) in [5.74, 6) is 1.47. The minimum absolute atomic E-state index is 0.712. The molecule has 0 saturated carbocycles. The highest BCUT2D eigenvalue weighted by molar-refractivity contribution is 5.84. The maximum atomic E-state index is 5.49. The quantitative estimate of drug-likeness (QED) is 0.526. The Morgan fingerprint density at radius 3 is 2.64 bits per heavy atom. The van der Waals surface area contributed by atoms with Crippen LogP contribution in [0.4, 0.5) is 5.82 Å². The van der Waals surface area contributed by atoms with Crippen LogP contribution in [0.15, 0.2) is 82.5 Å². The molecule has 0 fully saturated rings. The molecule has 0 radical (unpaired) electrons. The Kier molecular flexibility index (Phi) is 3.05. The van der Waals surface area contributed by atoms with Gasteiger partial charge in [-0.05, 0) is 29.8 Å². The molecule has 0 unspecified atom stereocenters. The smallest absolute Gasteiger partial charge is 0.168 e. The molecule has 4 rings (SSSR count). The van der Waals surface area contributed by atoms with Crippen molar-refractivity contribution in [3.8, 4) is 11.5 Å². The number of aromatic nitrogens is 2. The molecule has 1 aromatic carbocycles. The van der Waals surface area contributed by atoms with Crippen molar-refractivity contribution in [1.29, 1.82) is 0 Å². The van der Waals surface area contributed by atoms with Crippen LogP contribution in [0.1, 0.15) is 5.56 Å². The highest BCUT2D eigenvalue weighted by Crippen LogP contribution is 2.31. The average Bonchev–Trinajstić information content (AvgIpc) is 3.21. The molecule has 3 heterocycles. The Labute approximate surface area is 127 Å². The summed E-state index contributed by atoms with van der Waals surface area (Å²) in [7, 11) is 0. The van der Waals surface area contributed by atoms with E-state index in [2.05, 4.69) is 9.98 Å². The van der Waals surface area contributed by atoms with Crippen LogP contribution < -0.4 is 0 Å². The number of furan rings is 1. The zero-order valence-electron chi connectivity index (χ0n) is 11.8. The first-order valence-electron chi connectivity index (χ1n) is 7.02. The molecule has 0 aliphatic rings. The van der Waals surface area contributed by atoms with Gasteiger partial charge in [0.25, 0.3) is 0 Å². The minimum atomic E-state index is 0.712. The molecule has 4 aromatic rings. The second-order valence-corrected chi connectivity index (χ2v) is 4.86.